The number of aliphatic carboxylic acids is 1. The van der Waals surface area contributed by atoms with Crippen molar-refractivity contribution in [3.63, 3.8) is 0 Å². The summed E-state index contributed by atoms with van der Waals surface area (Å²) in [6.45, 7) is 1.28. The summed E-state index contributed by atoms with van der Waals surface area (Å²) in [5.74, 6) is -2.83. The molecule has 0 saturated carbocycles. The van der Waals surface area contributed by atoms with E-state index in [0.29, 0.717) is 36.4 Å². The molecular formula is C18H22F3N3O3S. The van der Waals surface area contributed by atoms with E-state index in [1.807, 2.05) is 4.90 Å². The summed E-state index contributed by atoms with van der Waals surface area (Å²) in [5, 5.41) is 12.5. The first-order valence-corrected chi connectivity index (χ1v) is 10.4. The number of nitrogens with one attached hydrogen (secondary N) is 1. The number of alkyl halides is 3. The molecule has 10 heteroatoms. The molecule has 0 aromatic heterocycles. The normalized spacial score (nSPS) is 32.2. The third kappa shape index (κ3) is 3.52. The number of thioether (sulfide) groups is 1. The highest BCUT2D eigenvalue weighted by molar-refractivity contribution is 8.00. The van der Waals surface area contributed by atoms with Crippen LogP contribution in [0.1, 0.15) is 12.8 Å². The van der Waals surface area contributed by atoms with Crippen LogP contribution in [0.15, 0.2) is 22.9 Å². The van der Waals surface area contributed by atoms with Gasteiger partial charge in [-0.05, 0) is 24.5 Å². The summed E-state index contributed by atoms with van der Waals surface area (Å²) in [6.07, 6.45) is -1.24. The third-order valence-corrected chi connectivity index (χ3v) is 7.32. The topological polar surface area (TPSA) is 72.9 Å². The summed E-state index contributed by atoms with van der Waals surface area (Å²) in [7, 11) is 0. The minimum Gasteiger partial charge on any atom is -0.477 e. The minimum atomic E-state index is -4.27. The molecule has 0 aromatic rings. The maximum Gasteiger partial charge on any atom is 0.393 e. The molecule has 154 valence electrons. The zero-order valence-corrected chi connectivity index (χ0v) is 16.0. The quantitative estimate of drug-likeness (QED) is 0.678. The van der Waals surface area contributed by atoms with Crippen molar-refractivity contribution >= 4 is 23.6 Å². The highest BCUT2D eigenvalue weighted by atomic mass is 32.2. The Hall–Kier alpha value is -1.68. The lowest BCUT2D eigenvalue weighted by molar-refractivity contribution is -0.180. The second-order valence-electron chi connectivity index (χ2n) is 7.66. The van der Waals surface area contributed by atoms with Crippen LogP contribution in [0, 0.1) is 11.8 Å². The van der Waals surface area contributed by atoms with Gasteiger partial charge in [-0.3, -0.25) is 4.79 Å². The molecule has 1 amide bonds. The lowest BCUT2D eigenvalue weighted by atomic mass is 9.95. The Morgan fingerprint density at radius 1 is 1.32 bits per heavy atom. The van der Waals surface area contributed by atoms with Crippen LogP contribution in [0.5, 0.6) is 0 Å². The number of carboxylic acids is 1. The standard InChI is InChI=1S/C18H22F3N3O3S/c19-18(20,21)13-7-22-6-12(13)8-23-3-1-10(16(23)25)5-11-9-28-14-2-4-24(14)15(11)17(26)27/h5,12-14,22H,1-4,6-9H2,(H,26,27)/b10-5+/t12-,13+,14?/m1/s1. The van der Waals surface area contributed by atoms with Gasteiger partial charge >= 0.3 is 12.1 Å². The SMILES string of the molecule is O=C(O)C1=C(/C=C2\CCN(C[C@H]3CNC[C@@H]3C(F)(F)F)C2=O)CSC2CCN12. The molecule has 3 saturated heterocycles. The molecule has 0 spiro atoms. The van der Waals surface area contributed by atoms with Crippen LogP contribution in [-0.4, -0.2) is 76.8 Å². The van der Waals surface area contributed by atoms with E-state index in [1.165, 1.54) is 4.90 Å². The van der Waals surface area contributed by atoms with E-state index in [4.69, 9.17) is 0 Å². The number of amides is 1. The van der Waals surface area contributed by atoms with Gasteiger partial charge in [-0.15, -0.1) is 11.8 Å². The van der Waals surface area contributed by atoms with Crippen LogP contribution in [0.4, 0.5) is 13.2 Å². The highest BCUT2D eigenvalue weighted by Gasteiger charge is 2.48. The number of likely N-dealkylation sites (tertiary alicyclic amines) is 1. The molecule has 4 rings (SSSR count). The number of carbonyl (C=O) groups excluding carboxylic acids is 1. The minimum absolute atomic E-state index is 0.0706. The Morgan fingerprint density at radius 3 is 2.75 bits per heavy atom. The molecule has 0 bridgehead atoms. The summed E-state index contributed by atoms with van der Waals surface area (Å²) in [4.78, 5) is 27.7. The Balaban J connectivity index is 1.49. The lowest BCUT2D eigenvalue weighted by Gasteiger charge is -2.46. The van der Waals surface area contributed by atoms with Gasteiger partial charge in [-0.2, -0.15) is 13.2 Å². The van der Waals surface area contributed by atoms with Crippen molar-refractivity contribution in [2.45, 2.75) is 24.4 Å². The smallest absolute Gasteiger partial charge is 0.393 e. The fraction of sp³-hybridized carbons (Fsp3) is 0.667. The number of halogens is 3. The molecule has 6 nitrogen and oxygen atoms in total. The molecule has 1 unspecified atom stereocenters. The van der Waals surface area contributed by atoms with Crippen LogP contribution in [0.2, 0.25) is 0 Å². The molecule has 4 aliphatic rings. The number of carboxylic acid groups (broad SMARTS) is 1. The van der Waals surface area contributed by atoms with Crippen molar-refractivity contribution in [3.05, 3.63) is 22.9 Å². The Bertz CT molecular complexity index is 752. The Morgan fingerprint density at radius 2 is 2.11 bits per heavy atom. The summed E-state index contributed by atoms with van der Waals surface area (Å²) < 4.78 is 39.4. The second kappa shape index (κ2) is 7.29. The first-order chi connectivity index (χ1) is 13.3. The maximum atomic E-state index is 13.1. The summed E-state index contributed by atoms with van der Waals surface area (Å²) in [6, 6.07) is 0. The maximum absolute atomic E-state index is 13.1. The van der Waals surface area contributed by atoms with Crippen molar-refractivity contribution < 1.29 is 27.9 Å². The van der Waals surface area contributed by atoms with E-state index in [9.17, 15) is 27.9 Å². The lowest BCUT2D eigenvalue weighted by Crippen LogP contribution is -2.49. The summed E-state index contributed by atoms with van der Waals surface area (Å²) >= 11 is 1.66. The van der Waals surface area contributed by atoms with Gasteiger partial charge in [0.15, 0.2) is 0 Å². The van der Waals surface area contributed by atoms with Crippen LogP contribution in [0.25, 0.3) is 0 Å². The van der Waals surface area contributed by atoms with Gasteiger partial charge in [0.05, 0.1) is 11.3 Å². The number of fused-ring (bicyclic) bond motifs is 1. The molecule has 0 aliphatic carbocycles. The van der Waals surface area contributed by atoms with E-state index >= 15 is 0 Å². The first-order valence-electron chi connectivity index (χ1n) is 9.37. The number of hydrogen-bond acceptors (Lipinski definition) is 5. The third-order valence-electron chi connectivity index (χ3n) is 5.97. The zero-order valence-electron chi connectivity index (χ0n) is 15.2. The molecule has 3 atom stereocenters. The average molecular weight is 417 g/mol. The first kappa shape index (κ1) is 19.6. The Labute approximate surface area is 164 Å². The monoisotopic (exact) mass is 417 g/mol. The van der Waals surface area contributed by atoms with E-state index in [1.54, 1.807) is 17.8 Å². The van der Waals surface area contributed by atoms with Crippen LogP contribution in [-0.2, 0) is 9.59 Å². The molecule has 4 heterocycles. The molecule has 2 N–H and O–H groups in total. The van der Waals surface area contributed by atoms with Crippen LogP contribution >= 0.6 is 11.8 Å². The fourth-order valence-electron chi connectivity index (χ4n) is 4.38. The van der Waals surface area contributed by atoms with Crippen molar-refractivity contribution in [3.8, 4) is 0 Å². The zero-order chi connectivity index (χ0) is 20.1. The molecular weight excluding hydrogens is 395 g/mol. The van der Waals surface area contributed by atoms with E-state index in [-0.39, 0.29) is 36.6 Å². The molecule has 0 aromatic carbocycles. The van der Waals surface area contributed by atoms with Gasteiger partial charge in [-0.1, -0.05) is 0 Å². The molecule has 4 aliphatic heterocycles. The van der Waals surface area contributed by atoms with Gasteiger partial charge in [0.25, 0.3) is 0 Å². The Kier molecular flexibility index (Phi) is 5.11. The van der Waals surface area contributed by atoms with Crippen LogP contribution in [0.3, 0.4) is 0 Å². The number of nitrogens with zero attached hydrogens (tertiary/aromatic N) is 2. The van der Waals surface area contributed by atoms with Gasteiger partial charge in [0.1, 0.15) is 5.70 Å². The average Bonchev–Trinajstić information content (AvgIpc) is 3.18. The fourth-order valence-corrected chi connectivity index (χ4v) is 5.63. The van der Waals surface area contributed by atoms with Gasteiger partial charge in [-0.25, -0.2) is 4.79 Å². The molecule has 3 fully saturated rings. The highest BCUT2D eigenvalue weighted by Crippen LogP contribution is 2.40. The predicted molar refractivity (Wildman–Crippen MR) is 97.4 cm³/mol. The van der Waals surface area contributed by atoms with Crippen molar-refractivity contribution in [1.29, 1.82) is 0 Å². The van der Waals surface area contributed by atoms with E-state index in [2.05, 4.69) is 5.32 Å². The number of rotatable bonds is 4. The van der Waals surface area contributed by atoms with Gasteiger partial charge < -0.3 is 20.2 Å². The molecule has 0 radical (unpaired) electrons. The van der Waals surface area contributed by atoms with Crippen LogP contribution < -0.4 is 5.32 Å². The van der Waals surface area contributed by atoms with E-state index < -0.39 is 24.0 Å². The summed E-state index contributed by atoms with van der Waals surface area (Å²) in [5.41, 5.74) is 1.36. The predicted octanol–water partition coefficient (Wildman–Crippen LogP) is 1.66. The number of allylic oxidation sites excluding steroid dienone is 1. The second-order valence-corrected chi connectivity index (χ2v) is 8.83. The van der Waals surface area contributed by atoms with Crippen molar-refractivity contribution in [1.82, 2.24) is 15.1 Å². The largest absolute Gasteiger partial charge is 0.477 e. The van der Waals surface area contributed by atoms with Gasteiger partial charge in [0.2, 0.25) is 5.91 Å². The number of carbonyl (C=O) groups is 2. The van der Waals surface area contributed by atoms with Crippen molar-refractivity contribution in [2.24, 2.45) is 11.8 Å². The molecule has 28 heavy (non-hydrogen) atoms. The van der Waals surface area contributed by atoms with Crippen molar-refractivity contribution in [2.75, 3.05) is 38.5 Å². The number of hydrogen-bond donors (Lipinski definition) is 2. The van der Waals surface area contributed by atoms with Gasteiger partial charge in [0, 0.05) is 50.0 Å². The van der Waals surface area contributed by atoms with E-state index in [0.717, 1.165) is 6.42 Å².